The van der Waals surface area contributed by atoms with E-state index in [1.165, 1.54) is 5.01 Å². The summed E-state index contributed by atoms with van der Waals surface area (Å²) in [5.74, 6) is 0.173. The van der Waals surface area contributed by atoms with Gasteiger partial charge in [-0.25, -0.2) is 4.99 Å². The summed E-state index contributed by atoms with van der Waals surface area (Å²) >= 11 is 5.99. The van der Waals surface area contributed by atoms with E-state index in [1.54, 1.807) is 42.4 Å². The molecule has 1 aromatic heterocycles. The molecule has 4 nitrogen and oxygen atoms in total. The third-order valence-electron chi connectivity index (χ3n) is 4.56. The molecule has 0 bridgehead atoms. The van der Waals surface area contributed by atoms with Crippen LogP contribution in [0.2, 0.25) is 5.02 Å². The molecule has 8 heteroatoms. The first-order valence-corrected chi connectivity index (χ1v) is 8.45. The number of nitrogens with zero attached hydrogens (tertiary/aromatic N) is 4. The average Bonchev–Trinajstić information content (AvgIpc) is 3.26. The number of aliphatic imine (C=N–C) groups is 1. The van der Waals surface area contributed by atoms with E-state index < -0.39 is 12.2 Å². The fraction of sp³-hybridized carbons (Fsp3) is 0.412. The molecule has 3 heterocycles. The molecule has 4 rings (SSSR count). The van der Waals surface area contributed by atoms with Crippen molar-refractivity contribution in [1.29, 1.82) is 0 Å². The minimum Gasteiger partial charge on any atom is -0.261 e. The summed E-state index contributed by atoms with van der Waals surface area (Å²) < 4.78 is 40.7. The van der Waals surface area contributed by atoms with Crippen LogP contribution >= 0.6 is 11.6 Å². The SMILES string of the molecule is CC1=CC(c2cc(Cl)ccn2)=NC2=CCN(C(C3CC3)C(F)(F)F)N12. The van der Waals surface area contributed by atoms with Gasteiger partial charge in [0, 0.05) is 23.5 Å². The molecule has 132 valence electrons. The highest BCUT2D eigenvalue weighted by atomic mass is 35.5. The molecule has 0 spiro atoms. The fourth-order valence-corrected chi connectivity index (χ4v) is 3.53. The van der Waals surface area contributed by atoms with E-state index in [-0.39, 0.29) is 12.5 Å². The maximum Gasteiger partial charge on any atom is 0.406 e. The van der Waals surface area contributed by atoms with Gasteiger partial charge in [-0.15, -0.1) is 0 Å². The summed E-state index contributed by atoms with van der Waals surface area (Å²) in [7, 11) is 0. The summed E-state index contributed by atoms with van der Waals surface area (Å²) in [6.07, 6.45) is 2.03. The molecule has 1 saturated carbocycles. The van der Waals surface area contributed by atoms with Gasteiger partial charge in [-0.05, 0) is 50.0 Å². The lowest BCUT2D eigenvalue weighted by atomic mass is 10.1. The zero-order valence-electron chi connectivity index (χ0n) is 13.5. The number of fused-ring (bicyclic) bond motifs is 1. The van der Waals surface area contributed by atoms with E-state index >= 15 is 0 Å². The minimum atomic E-state index is -4.26. The first kappa shape index (κ1) is 16.6. The van der Waals surface area contributed by atoms with Crippen LogP contribution in [0.5, 0.6) is 0 Å². The van der Waals surface area contributed by atoms with Gasteiger partial charge >= 0.3 is 6.18 Å². The topological polar surface area (TPSA) is 31.7 Å². The Kier molecular flexibility index (Phi) is 3.88. The molecule has 0 radical (unpaired) electrons. The first-order valence-electron chi connectivity index (χ1n) is 8.07. The van der Waals surface area contributed by atoms with Gasteiger partial charge in [-0.2, -0.15) is 18.2 Å². The second-order valence-corrected chi connectivity index (χ2v) is 6.90. The van der Waals surface area contributed by atoms with Crippen molar-refractivity contribution in [3.8, 4) is 0 Å². The number of hydrogen-bond donors (Lipinski definition) is 0. The van der Waals surface area contributed by atoms with E-state index in [0.29, 0.717) is 40.8 Å². The Morgan fingerprint density at radius 1 is 1.32 bits per heavy atom. The Bertz CT molecular complexity index is 795. The number of hydrogen-bond acceptors (Lipinski definition) is 4. The molecule has 25 heavy (non-hydrogen) atoms. The van der Waals surface area contributed by atoms with Gasteiger partial charge < -0.3 is 0 Å². The molecule has 2 aliphatic heterocycles. The molecular weight excluding hydrogens is 353 g/mol. The second-order valence-electron chi connectivity index (χ2n) is 6.46. The van der Waals surface area contributed by atoms with Gasteiger partial charge in [-0.1, -0.05) is 11.6 Å². The molecule has 0 aromatic carbocycles. The van der Waals surface area contributed by atoms with Gasteiger partial charge in [-0.3, -0.25) is 9.99 Å². The maximum atomic E-state index is 13.6. The van der Waals surface area contributed by atoms with Gasteiger partial charge in [0.05, 0.1) is 11.4 Å². The van der Waals surface area contributed by atoms with Crippen LogP contribution in [0.25, 0.3) is 0 Å². The van der Waals surface area contributed by atoms with E-state index in [1.807, 2.05) is 0 Å². The zero-order chi connectivity index (χ0) is 17.8. The summed E-state index contributed by atoms with van der Waals surface area (Å²) in [5, 5.41) is 3.49. The van der Waals surface area contributed by atoms with Gasteiger partial charge in [0.25, 0.3) is 0 Å². The van der Waals surface area contributed by atoms with Crippen LogP contribution in [0, 0.1) is 5.92 Å². The molecule has 0 saturated heterocycles. The summed E-state index contributed by atoms with van der Waals surface area (Å²) in [6.45, 7) is 1.98. The van der Waals surface area contributed by atoms with E-state index in [4.69, 9.17) is 11.6 Å². The Morgan fingerprint density at radius 2 is 2.08 bits per heavy atom. The number of allylic oxidation sites excluding steroid dienone is 2. The molecule has 1 fully saturated rings. The lowest BCUT2D eigenvalue weighted by molar-refractivity contribution is -0.212. The Morgan fingerprint density at radius 3 is 2.72 bits per heavy atom. The van der Waals surface area contributed by atoms with Crippen LogP contribution in [-0.2, 0) is 0 Å². The highest BCUT2D eigenvalue weighted by Crippen LogP contribution is 2.46. The smallest absolute Gasteiger partial charge is 0.261 e. The number of alkyl halides is 3. The van der Waals surface area contributed by atoms with E-state index in [2.05, 4.69) is 9.98 Å². The lowest BCUT2D eigenvalue weighted by Crippen LogP contribution is -2.52. The zero-order valence-corrected chi connectivity index (χ0v) is 14.2. The predicted molar refractivity (Wildman–Crippen MR) is 88.7 cm³/mol. The monoisotopic (exact) mass is 368 g/mol. The minimum absolute atomic E-state index is 0.195. The van der Waals surface area contributed by atoms with Crippen LogP contribution in [0.1, 0.15) is 25.5 Å². The molecule has 1 atom stereocenters. The van der Waals surface area contributed by atoms with Crippen molar-refractivity contribution in [1.82, 2.24) is 15.0 Å². The summed E-state index contributed by atoms with van der Waals surface area (Å²) in [5.41, 5.74) is 1.88. The van der Waals surface area contributed by atoms with Crippen molar-refractivity contribution >= 4 is 17.3 Å². The van der Waals surface area contributed by atoms with Crippen molar-refractivity contribution in [2.45, 2.75) is 32.0 Å². The van der Waals surface area contributed by atoms with Gasteiger partial charge in [0.1, 0.15) is 11.9 Å². The number of pyridine rings is 1. The largest absolute Gasteiger partial charge is 0.406 e. The standard InChI is InChI=1S/C17H16ClF3N4/c1-10-8-14(13-9-12(18)4-6-22-13)23-15-5-7-24(25(10)15)16(11-2-3-11)17(19,20)21/h4-6,8-9,11,16H,2-3,7H2,1H3. The van der Waals surface area contributed by atoms with E-state index in [0.717, 1.165) is 0 Å². The normalized spacial score (nSPS) is 22.3. The van der Waals surface area contributed by atoms with Crippen molar-refractivity contribution in [3.63, 3.8) is 0 Å². The Balaban J connectivity index is 1.65. The first-order chi connectivity index (χ1) is 11.8. The Labute approximate surface area is 148 Å². The molecule has 0 amide bonds. The highest BCUT2D eigenvalue weighted by molar-refractivity contribution is 6.31. The van der Waals surface area contributed by atoms with Crippen LogP contribution in [-0.4, -0.2) is 39.5 Å². The molecule has 1 unspecified atom stereocenters. The molecule has 1 aliphatic carbocycles. The van der Waals surface area contributed by atoms with Crippen LogP contribution in [0.4, 0.5) is 13.2 Å². The number of hydrazine groups is 1. The number of rotatable bonds is 3. The molecule has 1 aromatic rings. The lowest BCUT2D eigenvalue weighted by Gasteiger charge is -2.39. The quantitative estimate of drug-likeness (QED) is 0.803. The van der Waals surface area contributed by atoms with E-state index in [9.17, 15) is 13.2 Å². The predicted octanol–water partition coefficient (Wildman–Crippen LogP) is 4.16. The fourth-order valence-electron chi connectivity index (χ4n) is 3.37. The maximum absolute atomic E-state index is 13.6. The van der Waals surface area contributed by atoms with Gasteiger partial charge in [0.15, 0.2) is 0 Å². The molecule has 0 N–H and O–H groups in total. The Hall–Kier alpha value is -1.86. The van der Waals surface area contributed by atoms with Crippen LogP contribution < -0.4 is 0 Å². The highest BCUT2D eigenvalue weighted by Gasteiger charge is 2.54. The van der Waals surface area contributed by atoms with Crippen molar-refractivity contribution < 1.29 is 13.2 Å². The average molecular weight is 369 g/mol. The van der Waals surface area contributed by atoms with Crippen molar-refractivity contribution in [2.24, 2.45) is 10.9 Å². The summed E-state index contributed by atoms with van der Waals surface area (Å²) in [6, 6.07) is 1.89. The van der Waals surface area contributed by atoms with Crippen molar-refractivity contribution in [2.75, 3.05) is 6.54 Å². The van der Waals surface area contributed by atoms with Gasteiger partial charge in [0.2, 0.25) is 0 Å². The number of halogens is 4. The molecule has 3 aliphatic rings. The molecular formula is C17H16ClF3N4. The third kappa shape index (κ3) is 3.06. The van der Waals surface area contributed by atoms with Crippen LogP contribution in [0.15, 0.2) is 47.0 Å². The van der Waals surface area contributed by atoms with Crippen LogP contribution in [0.3, 0.4) is 0 Å². The van der Waals surface area contributed by atoms with Crippen molar-refractivity contribution in [3.05, 3.63) is 52.7 Å². The number of aromatic nitrogens is 1. The third-order valence-corrected chi connectivity index (χ3v) is 4.79. The summed E-state index contributed by atoms with van der Waals surface area (Å²) in [4.78, 5) is 8.74. The second kappa shape index (κ2) is 5.85.